The highest BCUT2D eigenvalue weighted by Crippen LogP contribution is 2.53. The molecule has 0 aromatic heterocycles. The highest BCUT2D eigenvalue weighted by Gasteiger charge is 2.17. The van der Waals surface area contributed by atoms with Gasteiger partial charge >= 0.3 is 5.84 Å². The molecule has 0 saturated heterocycles. The number of benzene rings is 1. The van der Waals surface area contributed by atoms with Crippen LogP contribution in [0.5, 0.6) is 5.75 Å². The van der Waals surface area contributed by atoms with Crippen molar-refractivity contribution in [2.24, 2.45) is 0 Å². The largest absolute Gasteiger partial charge is 0.433 e. The normalized spacial score (nSPS) is 15.4. The quantitative estimate of drug-likeness (QED) is 0.738. The molecule has 2 nitrogen and oxygen atoms in total. The van der Waals surface area contributed by atoms with Crippen LogP contribution in [0, 0.1) is 0 Å². The Hall–Kier alpha value is -0.0800. The first-order chi connectivity index (χ1) is 7.74. The Labute approximate surface area is 113 Å². The van der Waals surface area contributed by atoms with Gasteiger partial charge in [-0.15, -0.1) is 0 Å². The van der Waals surface area contributed by atoms with E-state index in [4.69, 9.17) is 32.1 Å². The van der Waals surface area contributed by atoms with Crippen LogP contribution >= 0.6 is 17.1 Å². The Morgan fingerprint density at radius 2 is 1.76 bits per heavy atom. The van der Waals surface area contributed by atoms with Gasteiger partial charge in [0.15, 0.2) is 0 Å². The van der Waals surface area contributed by atoms with Crippen molar-refractivity contribution in [2.45, 2.75) is 33.1 Å². The van der Waals surface area contributed by atoms with E-state index in [0.717, 1.165) is 0 Å². The maximum absolute atomic E-state index is 5.98. The van der Waals surface area contributed by atoms with Gasteiger partial charge in [0.25, 0.3) is 0 Å². The van der Waals surface area contributed by atoms with E-state index in [-0.39, 0.29) is 5.41 Å². The number of halogens is 1. The van der Waals surface area contributed by atoms with E-state index in [9.17, 15) is 0 Å². The molecular weight excluding hydrogens is 275 g/mol. The van der Waals surface area contributed by atoms with Gasteiger partial charge in [-0.05, 0) is 53.1 Å². The zero-order valence-electron chi connectivity index (χ0n) is 10.6. The number of hydrogen-bond donors (Lipinski definition) is 0. The molecule has 1 rings (SSSR count). The fraction of sp³-hybridized carbons (Fsp3) is 0.500. The third kappa shape index (κ3) is 4.97. The van der Waals surface area contributed by atoms with E-state index in [1.54, 1.807) is 0 Å². The van der Waals surface area contributed by atoms with Crippen LogP contribution in [0.15, 0.2) is 24.3 Å². The minimum atomic E-state index is -2.66. The molecule has 0 aliphatic heterocycles. The fourth-order valence-electron chi connectivity index (χ4n) is 1.32. The molecular formula is C12H18ClO2PS. The molecule has 0 saturated carbocycles. The van der Waals surface area contributed by atoms with Gasteiger partial charge in [-0.25, -0.2) is 0 Å². The Morgan fingerprint density at radius 3 is 2.18 bits per heavy atom. The Kier molecular flexibility index (Phi) is 5.03. The predicted molar refractivity (Wildman–Crippen MR) is 77.5 cm³/mol. The average molecular weight is 293 g/mol. The lowest BCUT2D eigenvalue weighted by atomic mass is 9.87. The molecule has 1 aromatic rings. The van der Waals surface area contributed by atoms with Crippen LogP contribution in [-0.2, 0) is 21.7 Å². The molecule has 0 amide bonds. The second-order valence-electron chi connectivity index (χ2n) is 4.71. The molecule has 0 radical (unpaired) electrons. The van der Waals surface area contributed by atoms with Crippen LogP contribution in [0.3, 0.4) is 0 Å². The molecule has 0 bridgehead atoms. The summed E-state index contributed by atoms with van der Waals surface area (Å²) in [7, 11) is 0. The second kappa shape index (κ2) is 5.71. The van der Waals surface area contributed by atoms with Crippen molar-refractivity contribution >= 4 is 28.9 Å². The Balaban J connectivity index is 2.79. The summed E-state index contributed by atoms with van der Waals surface area (Å²) in [6.45, 7) is 8.79. The zero-order chi connectivity index (χ0) is 13.1. The predicted octanol–water partition coefficient (Wildman–Crippen LogP) is 4.86. The van der Waals surface area contributed by atoms with Crippen molar-refractivity contribution in [3.05, 3.63) is 29.8 Å². The lowest BCUT2D eigenvalue weighted by molar-refractivity contribution is 0.343. The van der Waals surface area contributed by atoms with Crippen molar-refractivity contribution in [1.82, 2.24) is 0 Å². The first-order valence-electron chi connectivity index (χ1n) is 5.49. The lowest BCUT2D eigenvalue weighted by Gasteiger charge is -2.20. The van der Waals surface area contributed by atoms with Crippen molar-refractivity contribution in [3.8, 4) is 5.75 Å². The fourth-order valence-corrected chi connectivity index (χ4v) is 3.16. The molecule has 0 aliphatic carbocycles. The highest BCUT2D eigenvalue weighted by molar-refractivity contribution is 8.22. The Bertz CT molecular complexity index is 412. The smallest absolute Gasteiger partial charge is 0.332 e. The van der Waals surface area contributed by atoms with E-state index < -0.39 is 5.84 Å². The topological polar surface area (TPSA) is 18.5 Å². The summed E-state index contributed by atoms with van der Waals surface area (Å²) in [6, 6.07) is 7.80. The number of hydrogen-bond acceptors (Lipinski definition) is 3. The van der Waals surface area contributed by atoms with Crippen LogP contribution < -0.4 is 4.52 Å². The maximum Gasteiger partial charge on any atom is 0.332 e. The van der Waals surface area contributed by atoms with Gasteiger partial charge in [0.05, 0.1) is 6.61 Å². The van der Waals surface area contributed by atoms with Gasteiger partial charge in [0, 0.05) is 0 Å². The standard InChI is InChI=1S/C12H18ClO2PS/c1-5-14-16(13,17)15-11-8-6-10(7-9-11)12(2,3)4/h6-9H,5H2,1-4H3. The van der Waals surface area contributed by atoms with Crippen molar-refractivity contribution < 1.29 is 9.05 Å². The summed E-state index contributed by atoms with van der Waals surface area (Å²) in [4.78, 5) is 0. The minimum Gasteiger partial charge on any atom is -0.433 e. The van der Waals surface area contributed by atoms with E-state index in [0.29, 0.717) is 12.4 Å². The SMILES string of the molecule is CCOP(=S)(Cl)Oc1ccc(C(C)(C)C)cc1. The first kappa shape index (κ1) is 15.0. The van der Waals surface area contributed by atoms with Crippen LogP contribution in [0.1, 0.15) is 33.3 Å². The molecule has 0 aliphatic rings. The van der Waals surface area contributed by atoms with Crippen molar-refractivity contribution in [2.75, 3.05) is 6.61 Å². The molecule has 1 unspecified atom stereocenters. The monoisotopic (exact) mass is 292 g/mol. The average Bonchev–Trinajstić information content (AvgIpc) is 2.16. The van der Waals surface area contributed by atoms with Crippen molar-refractivity contribution in [3.63, 3.8) is 0 Å². The van der Waals surface area contributed by atoms with Gasteiger partial charge in [-0.1, -0.05) is 32.9 Å². The molecule has 1 atom stereocenters. The van der Waals surface area contributed by atoms with E-state index in [2.05, 4.69) is 20.8 Å². The maximum atomic E-state index is 5.98. The van der Waals surface area contributed by atoms with Gasteiger partial charge < -0.3 is 9.05 Å². The second-order valence-corrected chi connectivity index (χ2v) is 9.39. The van der Waals surface area contributed by atoms with Crippen LogP contribution in [0.2, 0.25) is 0 Å². The Morgan fingerprint density at radius 1 is 1.24 bits per heavy atom. The molecule has 0 N–H and O–H groups in total. The summed E-state index contributed by atoms with van der Waals surface area (Å²) in [5.74, 6) is -2.01. The molecule has 0 spiro atoms. The minimum absolute atomic E-state index is 0.125. The lowest BCUT2D eigenvalue weighted by Crippen LogP contribution is -2.10. The van der Waals surface area contributed by atoms with Crippen LogP contribution in [0.25, 0.3) is 0 Å². The first-order valence-corrected chi connectivity index (χ1v) is 9.03. The molecule has 0 heterocycles. The summed E-state index contributed by atoms with van der Waals surface area (Å²) < 4.78 is 10.7. The van der Waals surface area contributed by atoms with Gasteiger partial charge in [-0.2, -0.15) is 0 Å². The molecule has 0 fully saturated rings. The summed E-state index contributed by atoms with van der Waals surface area (Å²) in [5.41, 5.74) is 1.36. The number of rotatable bonds is 4. The third-order valence-corrected chi connectivity index (χ3v) is 4.25. The summed E-state index contributed by atoms with van der Waals surface area (Å²) in [5, 5.41) is 0. The summed E-state index contributed by atoms with van der Waals surface area (Å²) in [6.07, 6.45) is 0. The van der Waals surface area contributed by atoms with Crippen LogP contribution in [-0.4, -0.2) is 6.61 Å². The van der Waals surface area contributed by atoms with E-state index in [1.807, 2.05) is 31.2 Å². The molecule has 5 heteroatoms. The zero-order valence-corrected chi connectivity index (χ0v) is 13.0. The van der Waals surface area contributed by atoms with Gasteiger partial charge in [0.1, 0.15) is 5.75 Å². The molecule has 17 heavy (non-hydrogen) atoms. The highest BCUT2D eigenvalue weighted by atomic mass is 35.7. The van der Waals surface area contributed by atoms with Crippen LogP contribution in [0.4, 0.5) is 0 Å². The van der Waals surface area contributed by atoms with E-state index >= 15 is 0 Å². The molecule has 96 valence electrons. The summed E-state index contributed by atoms with van der Waals surface area (Å²) >= 11 is 11.0. The van der Waals surface area contributed by atoms with E-state index in [1.165, 1.54) is 5.56 Å². The van der Waals surface area contributed by atoms with Crippen molar-refractivity contribution in [1.29, 1.82) is 0 Å². The van der Waals surface area contributed by atoms with Gasteiger partial charge in [-0.3, -0.25) is 0 Å². The third-order valence-electron chi connectivity index (χ3n) is 2.22. The molecule has 1 aromatic carbocycles. The van der Waals surface area contributed by atoms with Gasteiger partial charge in [0.2, 0.25) is 0 Å².